The third-order valence-electron chi connectivity index (χ3n) is 3.61. The van der Waals surface area contributed by atoms with Crippen LogP contribution < -0.4 is 0 Å². The fraction of sp³-hybridized carbons (Fsp3) is 0.250. The highest BCUT2D eigenvalue weighted by atomic mass is 32.1. The van der Waals surface area contributed by atoms with Crippen molar-refractivity contribution in [3.8, 4) is 11.4 Å². The van der Waals surface area contributed by atoms with E-state index in [1.54, 1.807) is 35.4 Å². The molecule has 0 bridgehead atoms. The number of aryl methyl sites for hydroxylation is 1. The van der Waals surface area contributed by atoms with Crippen molar-refractivity contribution in [1.29, 1.82) is 0 Å². The number of thiophene rings is 1. The maximum atomic E-state index is 12.9. The molecule has 0 fully saturated rings. The second-order valence-corrected chi connectivity index (χ2v) is 6.43. The lowest BCUT2D eigenvalue weighted by Gasteiger charge is -2.16. The van der Waals surface area contributed by atoms with Crippen LogP contribution in [0.4, 0.5) is 4.39 Å². The maximum absolute atomic E-state index is 12.9. The molecule has 3 rings (SSSR count). The molecular weight excluding hydrogens is 329 g/mol. The van der Waals surface area contributed by atoms with E-state index in [0.717, 1.165) is 4.88 Å². The summed E-state index contributed by atoms with van der Waals surface area (Å²) in [5.74, 6) is -0.0720. The first kappa shape index (κ1) is 16.3. The minimum atomic E-state index is -0.327. The molecule has 1 aromatic carbocycles. The van der Waals surface area contributed by atoms with Crippen molar-refractivity contribution in [2.75, 3.05) is 7.05 Å². The topological polar surface area (TPSA) is 63.9 Å². The Balaban J connectivity index is 1.64. The number of halogens is 1. The zero-order chi connectivity index (χ0) is 17.1. The summed E-state index contributed by atoms with van der Waals surface area (Å²) in [5, 5.41) is 14.0. The minimum absolute atomic E-state index is 0.00905. The number of rotatable bonds is 5. The zero-order valence-electron chi connectivity index (χ0n) is 13.3. The van der Waals surface area contributed by atoms with Crippen LogP contribution in [0.5, 0.6) is 0 Å². The number of nitrogens with zero attached hydrogens (tertiary/aromatic N) is 5. The Morgan fingerprint density at radius 3 is 2.71 bits per heavy atom. The molecular formula is C16H16FN5OS. The maximum Gasteiger partial charge on any atom is 0.246 e. The van der Waals surface area contributed by atoms with Crippen molar-refractivity contribution in [3.63, 3.8) is 0 Å². The van der Waals surface area contributed by atoms with Crippen LogP contribution in [-0.2, 0) is 17.9 Å². The van der Waals surface area contributed by atoms with E-state index in [2.05, 4.69) is 15.4 Å². The molecule has 0 atom stereocenters. The van der Waals surface area contributed by atoms with Gasteiger partial charge in [-0.3, -0.25) is 4.79 Å². The Morgan fingerprint density at radius 2 is 2.04 bits per heavy atom. The van der Waals surface area contributed by atoms with Gasteiger partial charge in [-0.25, -0.2) is 4.39 Å². The highest BCUT2D eigenvalue weighted by Crippen LogP contribution is 2.17. The fourth-order valence-corrected chi connectivity index (χ4v) is 3.09. The van der Waals surface area contributed by atoms with Crippen molar-refractivity contribution in [2.24, 2.45) is 0 Å². The van der Waals surface area contributed by atoms with Gasteiger partial charge in [0.15, 0.2) is 0 Å². The van der Waals surface area contributed by atoms with Gasteiger partial charge in [0.25, 0.3) is 0 Å². The lowest BCUT2D eigenvalue weighted by atomic mass is 10.2. The second kappa shape index (κ2) is 6.88. The molecule has 0 saturated heterocycles. The van der Waals surface area contributed by atoms with E-state index in [1.165, 1.54) is 22.5 Å². The van der Waals surface area contributed by atoms with E-state index < -0.39 is 0 Å². The zero-order valence-corrected chi connectivity index (χ0v) is 14.1. The van der Waals surface area contributed by atoms with Gasteiger partial charge in [-0.2, -0.15) is 4.80 Å². The standard InChI is InChI=1S/C16H16FN5OS/c1-11-7-8-24-14(11)9-21(2)15(23)10-22-19-16(18-20-22)12-3-5-13(17)6-4-12/h3-8H,9-10H2,1-2H3. The van der Waals surface area contributed by atoms with Gasteiger partial charge in [0.05, 0.1) is 6.54 Å². The van der Waals surface area contributed by atoms with E-state index in [-0.39, 0.29) is 18.3 Å². The number of amides is 1. The molecule has 0 radical (unpaired) electrons. The number of carbonyl (C=O) groups excluding carboxylic acids is 1. The molecule has 0 unspecified atom stereocenters. The van der Waals surface area contributed by atoms with Crippen LogP contribution in [-0.4, -0.2) is 38.1 Å². The Labute approximate surface area is 142 Å². The quantitative estimate of drug-likeness (QED) is 0.713. The van der Waals surface area contributed by atoms with Gasteiger partial charge in [-0.1, -0.05) is 0 Å². The van der Waals surface area contributed by atoms with Crippen LogP contribution in [0.25, 0.3) is 11.4 Å². The molecule has 2 heterocycles. The lowest BCUT2D eigenvalue weighted by molar-refractivity contribution is -0.131. The molecule has 8 heteroatoms. The van der Waals surface area contributed by atoms with Gasteiger partial charge in [0.2, 0.25) is 11.7 Å². The van der Waals surface area contributed by atoms with Gasteiger partial charge < -0.3 is 4.90 Å². The van der Waals surface area contributed by atoms with Gasteiger partial charge in [-0.15, -0.1) is 21.5 Å². The smallest absolute Gasteiger partial charge is 0.246 e. The van der Waals surface area contributed by atoms with E-state index in [1.807, 2.05) is 18.4 Å². The fourth-order valence-electron chi connectivity index (χ4n) is 2.14. The van der Waals surface area contributed by atoms with Crippen molar-refractivity contribution in [1.82, 2.24) is 25.1 Å². The molecule has 6 nitrogen and oxygen atoms in total. The van der Waals surface area contributed by atoms with Crippen molar-refractivity contribution in [3.05, 3.63) is 52.0 Å². The van der Waals surface area contributed by atoms with Crippen LogP contribution in [0.15, 0.2) is 35.7 Å². The van der Waals surface area contributed by atoms with Crippen LogP contribution in [0.3, 0.4) is 0 Å². The van der Waals surface area contributed by atoms with Gasteiger partial charge in [0, 0.05) is 17.5 Å². The molecule has 3 aromatic rings. The molecule has 1 amide bonds. The second-order valence-electron chi connectivity index (χ2n) is 5.43. The van der Waals surface area contributed by atoms with Crippen LogP contribution in [0.2, 0.25) is 0 Å². The molecule has 0 N–H and O–H groups in total. The Bertz CT molecular complexity index is 842. The average Bonchev–Trinajstić information content (AvgIpc) is 3.18. The Morgan fingerprint density at radius 1 is 1.29 bits per heavy atom. The molecule has 0 aliphatic carbocycles. The third kappa shape index (κ3) is 3.65. The van der Waals surface area contributed by atoms with E-state index >= 15 is 0 Å². The lowest BCUT2D eigenvalue weighted by Crippen LogP contribution is -2.30. The highest BCUT2D eigenvalue weighted by Gasteiger charge is 2.14. The molecule has 0 aliphatic heterocycles. The first-order valence-corrected chi connectivity index (χ1v) is 8.21. The van der Waals surface area contributed by atoms with Crippen LogP contribution in [0.1, 0.15) is 10.4 Å². The first-order valence-electron chi connectivity index (χ1n) is 7.33. The summed E-state index contributed by atoms with van der Waals surface area (Å²) < 4.78 is 12.9. The summed E-state index contributed by atoms with van der Waals surface area (Å²) >= 11 is 1.63. The molecule has 2 aromatic heterocycles. The summed E-state index contributed by atoms with van der Waals surface area (Å²) in [5.41, 5.74) is 1.83. The molecule has 24 heavy (non-hydrogen) atoms. The molecule has 0 saturated carbocycles. The number of hydrogen-bond donors (Lipinski definition) is 0. The average molecular weight is 345 g/mol. The number of aromatic nitrogens is 4. The van der Waals surface area contributed by atoms with E-state index in [9.17, 15) is 9.18 Å². The summed E-state index contributed by atoms with van der Waals surface area (Å²) in [6, 6.07) is 7.84. The number of hydrogen-bond acceptors (Lipinski definition) is 5. The van der Waals surface area contributed by atoms with Crippen LogP contribution in [0, 0.1) is 12.7 Å². The number of tetrazole rings is 1. The predicted molar refractivity (Wildman–Crippen MR) is 88.7 cm³/mol. The van der Waals surface area contributed by atoms with Crippen LogP contribution >= 0.6 is 11.3 Å². The monoisotopic (exact) mass is 345 g/mol. The van der Waals surface area contributed by atoms with Gasteiger partial charge in [0.1, 0.15) is 12.4 Å². The Kier molecular flexibility index (Phi) is 4.66. The summed E-state index contributed by atoms with van der Waals surface area (Å²) in [6.45, 7) is 2.59. The number of carbonyl (C=O) groups is 1. The molecule has 0 aliphatic rings. The molecule has 0 spiro atoms. The predicted octanol–water partition coefficient (Wildman–Crippen LogP) is 2.51. The minimum Gasteiger partial charge on any atom is -0.339 e. The molecule has 124 valence electrons. The highest BCUT2D eigenvalue weighted by molar-refractivity contribution is 7.10. The van der Waals surface area contributed by atoms with Gasteiger partial charge in [-0.05, 0) is 53.4 Å². The first-order chi connectivity index (χ1) is 11.5. The van der Waals surface area contributed by atoms with E-state index in [0.29, 0.717) is 17.9 Å². The summed E-state index contributed by atoms with van der Waals surface area (Å²) in [7, 11) is 1.75. The third-order valence-corrected chi connectivity index (χ3v) is 4.61. The van der Waals surface area contributed by atoms with E-state index in [4.69, 9.17) is 0 Å². The number of benzene rings is 1. The van der Waals surface area contributed by atoms with Gasteiger partial charge >= 0.3 is 0 Å². The largest absolute Gasteiger partial charge is 0.339 e. The summed E-state index contributed by atoms with van der Waals surface area (Å²) in [6.07, 6.45) is 0. The summed E-state index contributed by atoms with van der Waals surface area (Å²) in [4.78, 5) is 16.3. The normalized spacial score (nSPS) is 10.8. The van der Waals surface area contributed by atoms with Crippen molar-refractivity contribution in [2.45, 2.75) is 20.0 Å². The SMILES string of the molecule is Cc1ccsc1CN(C)C(=O)Cn1nnc(-c2ccc(F)cc2)n1. The van der Waals surface area contributed by atoms with Crippen molar-refractivity contribution < 1.29 is 9.18 Å². The Hall–Kier alpha value is -2.61. The van der Waals surface area contributed by atoms with Crippen molar-refractivity contribution >= 4 is 17.2 Å². The number of likely N-dealkylation sites (N-methyl/N-ethyl adjacent to an activating group) is 1.